The Morgan fingerprint density at radius 3 is 2.65 bits per heavy atom. The molecule has 2 rings (SSSR count). The van der Waals surface area contributed by atoms with Crippen molar-refractivity contribution in [1.82, 2.24) is 0 Å². The predicted octanol–water partition coefficient (Wildman–Crippen LogP) is 3.23. The van der Waals surface area contributed by atoms with Crippen LogP contribution in [0.2, 0.25) is 0 Å². The molecular weight excluding hydrogens is 252 g/mol. The number of phenolic OH excluding ortho intramolecular Hbond substituents is 1. The van der Waals surface area contributed by atoms with Crippen LogP contribution in [0.25, 0.3) is 0 Å². The van der Waals surface area contributed by atoms with Crippen LogP contribution in [-0.2, 0) is 0 Å². The Bertz CT molecular complexity index is 570. The molecule has 0 aliphatic heterocycles. The Hall–Kier alpha value is -2.36. The van der Waals surface area contributed by atoms with E-state index in [9.17, 15) is 5.11 Å². The van der Waals surface area contributed by atoms with Gasteiger partial charge >= 0.3 is 0 Å². The summed E-state index contributed by atoms with van der Waals surface area (Å²) in [6.45, 7) is 3.47. The maximum Gasteiger partial charge on any atom is 0.138 e. The highest BCUT2D eigenvalue weighted by Crippen LogP contribution is 2.23. The van der Waals surface area contributed by atoms with E-state index in [2.05, 4.69) is 10.6 Å². The number of nitrogens with one attached hydrogen (secondary N) is 2. The van der Waals surface area contributed by atoms with Gasteiger partial charge in [-0.15, -0.1) is 0 Å². The SMILES string of the molecule is COc1cccc(NCCNc2cc(C)ccc2O)c1. The summed E-state index contributed by atoms with van der Waals surface area (Å²) in [6.07, 6.45) is 0. The summed E-state index contributed by atoms with van der Waals surface area (Å²) in [5.74, 6) is 1.11. The van der Waals surface area contributed by atoms with E-state index < -0.39 is 0 Å². The number of aromatic hydroxyl groups is 1. The van der Waals surface area contributed by atoms with Crippen LogP contribution in [0.4, 0.5) is 11.4 Å². The lowest BCUT2D eigenvalue weighted by Gasteiger charge is -2.11. The fourth-order valence-corrected chi connectivity index (χ4v) is 1.93. The molecular formula is C16H20N2O2. The van der Waals surface area contributed by atoms with Gasteiger partial charge in [0, 0.05) is 24.8 Å². The number of aryl methyl sites for hydroxylation is 1. The van der Waals surface area contributed by atoms with Gasteiger partial charge in [0.05, 0.1) is 12.8 Å². The quantitative estimate of drug-likeness (QED) is 0.558. The van der Waals surface area contributed by atoms with E-state index in [-0.39, 0.29) is 5.75 Å². The van der Waals surface area contributed by atoms with Crippen LogP contribution in [0.5, 0.6) is 11.5 Å². The Labute approximate surface area is 119 Å². The summed E-state index contributed by atoms with van der Waals surface area (Å²) < 4.78 is 5.17. The summed E-state index contributed by atoms with van der Waals surface area (Å²) in [4.78, 5) is 0. The molecule has 0 atom stereocenters. The fraction of sp³-hybridized carbons (Fsp3) is 0.250. The monoisotopic (exact) mass is 272 g/mol. The molecule has 0 bridgehead atoms. The average molecular weight is 272 g/mol. The molecule has 0 amide bonds. The predicted molar refractivity (Wildman–Crippen MR) is 82.8 cm³/mol. The molecule has 0 heterocycles. The minimum Gasteiger partial charge on any atom is -0.506 e. The summed E-state index contributed by atoms with van der Waals surface area (Å²) in [5, 5.41) is 16.2. The van der Waals surface area contributed by atoms with Gasteiger partial charge in [-0.3, -0.25) is 0 Å². The minimum atomic E-state index is 0.275. The average Bonchev–Trinajstić information content (AvgIpc) is 2.47. The molecule has 0 saturated carbocycles. The van der Waals surface area contributed by atoms with Crippen molar-refractivity contribution in [2.45, 2.75) is 6.92 Å². The molecule has 0 saturated heterocycles. The van der Waals surface area contributed by atoms with Crippen LogP contribution in [-0.4, -0.2) is 25.3 Å². The number of ether oxygens (including phenoxy) is 1. The number of benzene rings is 2. The number of phenols is 1. The Kier molecular flexibility index (Phi) is 4.71. The van der Waals surface area contributed by atoms with E-state index in [1.807, 2.05) is 43.3 Å². The van der Waals surface area contributed by atoms with Gasteiger partial charge in [-0.05, 0) is 36.8 Å². The van der Waals surface area contributed by atoms with Crippen molar-refractivity contribution in [3.8, 4) is 11.5 Å². The molecule has 2 aromatic rings. The lowest BCUT2D eigenvalue weighted by molar-refractivity contribution is 0.415. The third-order valence-electron chi connectivity index (χ3n) is 2.99. The zero-order valence-electron chi connectivity index (χ0n) is 11.8. The molecule has 106 valence electrons. The first-order valence-electron chi connectivity index (χ1n) is 6.60. The van der Waals surface area contributed by atoms with Crippen LogP contribution in [0, 0.1) is 6.92 Å². The molecule has 4 heteroatoms. The zero-order valence-corrected chi connectivity index (χ0v) is 11.8. The second kappa shape index (κ2) is 6.70. The van der Waals surface area contributed by atoms with E-state index in [0.717, 1.165) is 29.2 Å². The summed E-state index contributed by atoms with van der Waals surface area (Å²) in [5.41, 5.74) is 2.89. The Balaban J connectivity index is 1.82. The molecule has 3 N–H and O–H groups in total. The molecule has 20 heavy (non-hydrogen) atoms. The van der Waals surface area contributed by atoms with Crippen LogP contribution < -0.4 is 15.4 Å². The number of hydrogen-bond donors (Lipinski definition) is 3. The summed E-state index contributed by atoms with van der Waals surface area (Å²) >= 11 is 0. The number of anilines is 2. The maximum atomic E-state index is 9.72. The summed E-state index contributed by atoms with van der Waals surface area (Å²) in [6, 6.07) is 13.3. The van der Waals surface area contributed by atoms with E-state index in [1.54, 1.807) is 13.2 Å². The maximum absolute atomic E-state index is 9.72. The van der Waals surface area contributed by atoms with E-state index in [1.165, 1.54) is 0 Å². The number of methoxy groups -OCH3 is 1. The van der Waals surface area contributed by atoms with Gasteiger partial charge in [0.15, 0.2) is 0 Å². The zero-order chi connectivity index (χ0) is 14.4. The molecule has 0 fully saturated rings. The van der Waals surface area contributed by atoms with Crippen molar-refractivity contribution in [3.05, 3.63) is 48.0 Å². The first-order valence-corrected chi connectivity index (χ1v) is 6.60. The molecule has 0 spiro atoms. The number of rotatable bonds is 6. The molecule has 2 aromatic carbocycles. The fourth-order valence-electron chi connectivity index (χ4n) is 1.93. The van der Waals surface area contributed by atoms with Gasteiger partial charge in [0.2, 0.25) is 0 Å². The highest BCUT2D eigenvalue weighted by Gasteiger charge is 2.00. The first kappa shape index (κ1) is 14.1. The highest BCUT2D eigenvalue weighted by atomic mass is 16.5. The van der Waals surface area contributed by atoms with Crippen LogP contribution in [0.1, 0.15) is 5.56 Å². The lowest BCUT2D eigenvalue weighted by atomic mass is 10.2. The molecule has 0 aromatic heterocycles. The van der Waals surface area contributed by atoms with Crippen molar-refractivity contribution in [3.63, 3.8) is 0 Å². The van der Waals surface area contributed by atoms with Gasteiger partial charge in [-0.1, -0.05) is 12.1 Å². The van der Waals surface area contributed by atoms with Gasteiger partial charge < -0.3 is 20.5 Å². The third-order valence-corrected chi connectivity index (χ3v) is 2.99. The highest BCUT2D eigenvalue weighted by molar-refractivity contribution is 5.57. The second-order valence-electron chi connectivity index (χ2n) is 4.61. The van der Waals surface area contributed by atoms with Crippen molar-refractivity contribution in [2.24, 2.45) is 0 Å². The van der Waals surface area contributed by atoms with Gasteiger partial charge in [-0.25, -0.2) is 0 Å². The summed E-state index contributed by atoms with van der Waals surface area (Å²) in [7, 11) is 1.65. The second-order valence-corrected chi connectivity index (χ2v) is 4.61. The van der Waals surface area contributed by atoms with Crippen molar-refractivity contribution in [2.75, 3.05) is 30.8 Å². The first-order chi connectivity index (χ1) is 9.69. The van der Waals surface area contributed by atoms with Crippen LogP contribution in [0.15, 0.2) is 42.5 Å². The van der Waals surface area contributed by atoms with Crippen molar-refractivity contribution < 1.29 is 9.84 Å². The van der Waals surface area contributed by atoms with Gasteiger partial charge in [0.25, 0.3) is 0 Å². The molecule has 0 aliphatic rings. The topological polar surface area (TPSA) is 53.5 Å². The van der Waals surface area contributed by atoms with E-state index in [4.69, 9.17) is 4.74 Å². The van der Waals surface area contributed by atoms with Crippen molar-refractivity contribution >= 4 is 11.4 Å². The molecule has 0 unspecified atom stereocenters. The minimum absolute atomic E-state index is 0.275. The Morgan fingerprint density at radius 2 is 1.85 bits per heavy atom. The van der Waals surface area contributed by atoms with Gasteiger partial charge in [0.1, 0.15) is 11.5 Å². The molecule has 4 nitrogen and oxygen atoms in total. The van der Waals surface area contributed by atoms with Crippen molar-refractivity contribution in [1.29, 1.82) is 0 Å². The molecule has 0 radical (unpaired) electrons. The van der Waals surface area contributed by atoms with E-state index >= 15 is 0 Å². The third kappa shape index (κ3) is 3.82. The lowest BCUT2D eigenvalue weighted by Crippen LogP contribution is -2.13. The standard InChI is InChI=1S/C16H20N2O2/c1-12-6-7-16(19)15(10-12)18-9-8-17-13-4-3-5-14(11-13)20-2/h3-7,10-11,17-19H,8-9H2,1-2H3. The van der Waals surface area contributed by atoms with Gasteiger partial charge in [-0.2, -0.15) is 0 Å². The van der Waals surface area contributed by atoms with E-state index in [0.29, 0.717) is 6.54 Å². The van der Waals surface area contributed by atoms with Crippen LogP contribution >= 0.6 is 0 Å². The normalized spacial score (nSPS) is 10.1. The number of hydrogen-bond acceptors (Lipinski definition) is 4. The Morgan fingerprint density at radius 1 is 1.05 bits per heavy atom. The van der Waals surface area contributed by atoms with Crippen LogP contribution in [0.3, 0.4) is 0 Å². The smallest absolute Gasteiger partial charge is 0.138 e. The largest absolute Gasteiger partial charge is 0.506 e. The molecule has 0 aliphatic carbocycles.